The minimum atomic E-state index is -0.511. The van der Waals surface area contributed by atoms with Gasteiger partial charge in [-0.15, -0.1) is 10.2 Å². The van der Waals surface area contributed by atoms with Gasteiger partial charge in [0.15, 0.2) is 5.16 Å². The largest absolute Gasteiger partial charge is 0.388 e. The predicted molar refractivity (Wildman–Crippen MR) is 92.4 cm³/mol. The monoisotopic (exact) mass is 325 g/mol. The Morgan fingerprint density at radius 1 is 1.00 bits per heavy atom. The minimum absolute atomic E-state index is 0.511. The summed E-state index contributed by atoms with van der Waals surface area (Å²) >= 11 is 1.53. The van der Waals surface area contributed by atoms with Gasteiger partial charge in [-0.3, -0.25) is 0 Å². The number of rotatable bonds is 6. The van der Waals surface area contributed by atoms with Crippen LogP contribution in [-0.2, 0) is 6.54 Å². The Morgan fingerprint density at radius 3 is 2.35 bits per heavy atom. The van der Waals surface area contributed by atoms with Gasteiger partial charge in [0, 0.05) is 5.75 Å². The number of aromatic nitrogens is 3. The highest BCUT2D eigenvalue weighted by Gasteiger charge is 2.13. The first-order chi connectivity index (χ1) is 11.2. The number of aryl methyl sites for hydroxylation is 1. The number of hydrogen-bond acceptors (Lipinski definition) is 4. The Balaban J connectivity index is 1.69. The summed E-state index contributed by atoms with van der Waals surface area (Å²) in [5, 5.41) is 19.5. The zero-order valence-corrected chi connectivity index (χ0v) is 13.8. The van der Waals surface area contributed by atoms with E-state index in [1.165, 1.54) is 17.3 Å². The van der Waals surface area contributed by atoms with Crippen molar-refractivity contribution in [1.82, 2.24) is 14.8 Å². The molecule has 23 heavy (non-hydrogen) atoms. The quantitative estimate of drug-likeness (QED) is 0.705. The average Bonchev–Trinajstić information content (AvgIpc) is 2.94. The summed E-state index contributed by atoms with van der Waals surface area (Å²) < 4.78 is 2.08. The lowest BCUT2D eigenvalue weighted by atomic mass is 10.1. The average molecular weight is 325 g/mol. The number of nitrogens with zero attached hydrogens (tertiary/aromatic N) is 3. The van der Waals surface area contributed by atoms with Gasteiger partial charge < -0.3 is 9.67 Å². The Morgan fingerprint density at radius 2 is 1.65 bits per heavy atom. The third-order valence-corrected chi connectivity index (χ3v) is 4.68. The molecule has 0 aliphatic carbocycles. The molecular formula is C18H19N3OS. The fraction of sp³-hybridized carbons (Fsp3) is 0.222. The number of hydrogen-bond donors (Lipinski definition) is 1. The van der Waals surface area contributed by atoms with Crippen LogP contribution in [0.3, 0.4) is 0 Å². The van der Waals surface area contributed by atoms with Crippen LogP contribution in [-0.4, -0.2) is 25.6 Å². The number of benzene rings is 2. The van der Waals surface area contributed by atoms with Crippen molar-refractivity contribution >= 4 is 11.8 Å². The van der Waals surface area contributed by atoms with Crippen LogP contribution in [0.5, 0.6) is 0 Å². The molecule has 0 fully saturated rings. The second kappa shape index (κ2) is 7.44. The molecule has 0 saturated carbocycles. The van der Waals surface area contributed by atoms with E-state index in [9.17, 15) is 5.11 Å². The lowest BCUT2D eigenvalue weighted by Crippen LogP contribution is -2.06. The van der Waals surface area contributed by atoms with E-state index in [0.717, 1.165) is 23.1 Å². The van der Waals surface area contributed by atoms with Gasteiger partial charge >= 0.3 is 0 Å². The Bertz CT molecular complexity index is 743. The van der Waals surface area contributed by atoms with Crippen LogP contribution in [0.15, 0.2) is 65.8 Å². The molecule has 0 aliphatic heterocycles. The zero-order valence-electron chi connectivity index (χ0n) is 13.0. The summed E-state index contributed by atoms with van der Waals surface area (Å²) in [4.78, 5) is 0. The van der Waals surface area contributed by atoms with Crippen LogP contribution in [0.25, 0.3) is 0 Å². The van der Waals surface area contributed by atoms with Gasteiger partial charge in [0.05, 0.1) is 12.6 Å². The van der Waals surface area contributed by atoms with Gasteiger partial charge in [0.25, 0.3) is 0 Å². The molecule has 0 amide bonds. The fourth-order valence-corrected chi connectivity index (χ4v) is 3.29. The van der Waals surface area contributed by atoms with E-state index in [0.29, 0.717) is 5.75 Å². The van der Waals surface area contributed by atoms with E-state index in [4.69, 9.17) is 0 Å². The summed E-state index contributed by atoms with van der Waals surface area (Å²) in [5.74, 6) is 1.43. The van der Waals surface area contributed by atoms with E-state index in [2.05, 4.69) is 26.9 Å². The second-order valence-corrected chi connectivity index (χ2v) is 6.33. The summed E-state index contributed by atoms with van der Waals surface area (Å²) in [6.45, 7) is 2.69. The standard InChI is InChI=1S/C18H19N3OS/c1-14-19-20-18(21(14)12-15-8-4-2-5-9-15)23-13-17(22)16-10-6-3-7-11-16/h2-11,17,22H,12-13H2,1H3/t17-/m1/s1. The van der Waals surface area contributed by atoms with E-state index >= 15 is 0 Å². The molecule has 3 rings (SSSR count). The minimum Gasteiger partial charge on any atom is -0.388 e. The van der Waals surface area contributed by atoms with Crippen LogP contribution >= 0.6 is 11.8 Å². The Labute approximate surface area is 140 Å². The Hall–Kier alpha value is -2.11. The van der Waals surface area contributed by atoms with Gasteiger partial charge in [-0.05, 0) is 18.1 Å². The molecule has 1 N–H and O–H groups in total. The summed E-state index contributed by atoms with van der Waals surface area (Å²) in [7, 11) is 0. The molecule has 0 radical (unpaired) electrons. The van der Waals surface area contributed by atoms with E-state index in [1.54, 1.807) is 0 Å². The van der Waals surface area contributed by atoms with Crippen LogP contribution in [0, 0.1) is 6.92 Å². The van der Waals surface area contributed by atoms with Crippen LogP contribution < -0.4 is 0 Å². The molecular weight excluding hydrogens is 306 g/mol. The highest BCUT2D eigenvalue weighted by atomic mass is 32.2. The third kappa shape index (κ3) is 4.00. The highest BCUT2D eigenvalue weighted by molar-refractivity contribution is 7.99. The van der Waals surface area contributed by atoms with E-state index in [1.807, 2.05) is 55.5 Å². The van der Waals surface area contributed by atoms with Crippen molar-refractivity contribution in [3.05, 3.63) is 77.6 Å². The van der Waals surface area contributed by atoms with Crippen LogP contribution in [0.2, 0.25) is 0 Å². The molecule has 0 aliphatic rings. The first kappa shape index (κ1) is 15.8. The van der Waals surface area contributed by atoms with Crippen molar-refractivity contribution < 1.29 is 5.11 Å². The maximum Gasteiger partial charge on any atom is 0.191 e. The SMILES string of the molecule is Cc1nnc(SC[C@@H](O)c2ccccc2)n1Cc1ccccc1. The van der Waals surface area contributed by atoms with Crippen molar-refractivity contribution in [1.29, 1.82) is 0 Å². The third-order valence-electron chi connectivity index (χ3n) is 3.64. The van der Waals surface area contributed by atoms with Gasteiger partial charge in [-0.1, -0.05) is 72.4 Å². The first-order valence-corrected chi connectivity index (χ1v) is 8.52. The lowest BCUT2D eigenvalue weighted by Gasteiger charge is -2.12. The molecule has 0 unspecified atom stereocenters. The van der Waals surface area contributed by atoms with Gasteiger partial charge in [0.2, 0.25) is 0 Å². The predicted octanol–water partition coefficient (Wildman–Crippen LogP) is 3.46. The smallest absolute Gasteiger partial charge is 0.191 e. The maximum atomic E-state index is 10.3. The first-order valence-electron chi connectivity index (χ1n) is 7.53. The molecule has 0 saturated heterocycles. The number of aliphatic hydroxyl groups excluding tert-OH is 1. The summed E-state index contributed by atoms with van der Waals surface area (Å²) in [6.07, 6.45) is -0.511. The van der Waals surface area contributed by atoms with Crippen LogP contribution in [0.4, 0.5) is 0 Å². The number of aliphatic hydroxyl groups is 1. The van der Waals surface area contributed by atoms with Crippen molar-refractivity contribution in [2.24, 2.45) is 0 Å². The van der Waals surface area contributed by atoms with Crippen molar-refractivity contribution in [2.75, 3.05) is 5.75 Å². The normalized spacial score (nSPS) is 12.3. The van der Waals surface area contributed by atoms with Crippen molar-refractivity contribution in [3.8, 4) is 0 Å². The van der Waals surface area contributed by atoms with Gasteiger partial charge in [-0.2, -0.15) is 0 Å². The zero-order chi connectivity index (χ0) is 16.1. The maximum absolute atomic E-state index is 10.3. The summed E-state index contributed by atoms with van der Waals surface area (Å²) in [5.41, 5.74) is 2.13. The molecule has 5 heteroatoms. The molecule has 2 aromatic carbocycles. The molecule has 3 aromatic rings. The van der Waals surface area contributed by atoms with E-state index < -0.39 is 6.10 Å². The van der Waals surface area contributed by atoms with Gasteiger partial charge in [0.1, 0.15) is 5.82 Å². The summed E-state index contributed by atoms with van der Waals surface area (Å²) in [6, 6.07) is 19.9. The van der Waals surface area contributed by atoms with Crippen LogP contribution in [0.1, 0.15) is 23.1 Å². The van der Waals surface area contributed by atoms with Crippen molar-refractivity contribution in [3.63, 3.8) is 0 Å². The topological polar surface area (TPSA) is 50.9 Å². The second-order valence-electron chi connectivity index (χ2n) is 5.34. The lowest BCUT2D eigenvalue weighted by molar-refractivity contribution is 0.204. The highest BCUT2D eigenvalue weighted by Crippen LogP contribution is 2.24. The fourth-order valence-electron chi connectivity index (χ4n) is 2.34. The molecule has 118 valence electrons. The molecule has 4 nitrogen and oxygen atoms in total. The molecule has 1 aromatic heterocycles. The molecule has 0 spiro atoms. The van der Waals surface area contributed by atoms with Crippen molar-refractivity contribution in [2.45, 2.75) is 24.7 Å². The molecule has 0 bridgehead atoms. The van der Waals surface area contributed by atoms with Gasteiger partial charge in [-0.25, -0.2) is 0 Å². The Kier molecular flexibility index (Phi) is 5.10. The molecule has 1 heterocycles. The number of thioether (sulfide) groups is 1. The molecule has 1 atom stereocenters. The van der Waals surface area contributed by atoms with E-state index in [-0.39, 0.29) is 0 Å².